The predicted octanol–water partition coefficient (Wildman–Crippen LogP) is 3.11. The molecule has 0 radical (unpaired) electrons. The van der Waals surface area contributed by atoms with Gasteiger partial charge in [-0.25, -0.2) is 0 Å². The van der Waals surface area contributed by atoms with E-state index in [0.29, 0.717) is 6.61 Å². The van der Waals surface area contributed by atoms with Crippen LogP contribution in [0.3, 0.4) is 0 Å². The van der Waals surface area contributed by atoms with Crippen molar-refractivity contribution in [2.75, 3.05) is 13.7 Å². The zero-order valence-corrected chi connectivity index (χ0v) is 10.7. The number of ether oxygens (including phenoxy) is 1. The summed E-state index contributed by atoms with van der Waals surface area (Å²) < 4.78 is 8.88. The average Bonchev–Trinajstić information content (AvgIpc) is 2.51. The quantitative estimate of drug-likeness (QED) is 0.879. The number of H-pyrrole nitrogens is 1. The molecule has 3 nitrogen and oxygen atoms in total. The minimum absolute atomic E-state index is 0.660. The van der Waals surface area contributed by atoms with Crippen LogP contribution in [0.5, 0.6) is 0 Å². The molecule has 15 heavy (non-hydrogen) atoms. The summed E-state index contributed by atoms with van der Waals surface area (Å²) in [6.45, 7) is 1.43. The van der Waals surface area contributed by atoms with Crippen molar-refractivity contribution in [2.24, 2.45) is 0 Å². The second-order valence-electron chi connectivity index (χ2n) is 3.24. The van der Waals surface area contributed by atoms with Gasteiger partial charge in [0, 0.05) is 18.1 Å². The van der Waals surface area contributed by atoms with Gasteiger partial charge in [0.25, 0.3) is 0 Å². The minimum atomic E-state index is 0.660. The van der Waals surface area contributed by atoms with Crippen molar-refractivity contribution < 1.29 is 4.74 Å². The van der Waals surface area contributed by atoms with Crippen molar-refractivity contribution in [1.29, 1.82) is 0 Å². The van der Waals surface area contributed by atoms with E-state index in [4.69, 9.17) is 17.0 Å². The lowest BCUT2D eigenvalue weighted by Crippen LogP contribution is -2.03. The Morgan fingerprint density at radius 1 is 1.53 bits per heavy atom. The molecule has 1 heterocycles. The third-order valence-electron chi connectivity index (χ3n) is 2.26. The molecule has 0 aliphatic heterocycles. The van der Waals surface area contributed by atoms with Crippen LogP contribution in [0.25, 0.3) is 11.0 Å². The lowest BCUT2D eigenvalue weighted by molar-refractivity contribution is 0.188. The molecule has 0 saturated heterocycles. The van der Waals surface area contributed by atoms with Gasteiger partial charge in [0.1, 0.15) is 0 Å². The van der Waals surface area contributed by atoms with Crippen LogP contribution in [0.4, 0.5) is 0 Å². The fraction of sp³-hybridized carbons (Fsp3) is 0.300. The Balaban J connectivity index is 2.55. The molecule has 0 fully saturated rings. The number of hydrogen-bond acceptors (Lipinski definition) is 2. The Hall–Kier alpha value is -0.650. The van der Waals surface area contributed by atoms with E-state index in [1.807, 2.05) is 16.7 Å². The first-order valence-corrected chi connectivity index (χ1v) is 5.79. The highest BCUT2D eigenvalue weighted by Crippen LogP contribution is 2.19. The van der Waals surface area contributed by atoms with Crippen LogP contribution in [-0.2, 0) is 11.3 Å². The number of aromatic amines is 1. The third-order valence-corrected chi connectivity index (χ3v) is 3.07. The molecule has 0 spiro atoms. The summed E-state index contributed by atoms with van der Waals surface area (Å²) in [6, 6.07) is 6.06. The highest BCUT2D eigenvalue weighted by Gasteiger charge is 2.03. The third kappa shape index (κ3) is 2.14. The van der Waals surface area contributed by atoms with E-state index in [0.717, 1.165) is 26.8 Å². The van der Waals surface area contributed by atoms with Crippen LogP contribution in [-0.4, -0.2) is 23.3 Å². The summed E-state index contributed by atoms with van der Waals surface area (Å²) in [7, 11) is 1.69. The number of halogens is 1. The predicted molar refractivity (Wildman–Crippen MR) is 66.7 cm³/mol. The van der Waals surface area contributed by atoms with Crippen molar-refractivity contribution >= 4 is 39.2 Å². The van der Waals surface area contributed by atoms with E-state index >= 15 is 0 Å². The molecule has 5 heteroatoms. The van der Waals surface area contributed by atoms with Crippen LogP contribution in [0, 0.1) is 4.77 Å². The molecule has 1 N–H and O–H groups in total. The zero-order chi connectivity index (χ0) is 10.8. The highest BCUT2D eigenvalue weighted by molar-refractivity contribution is 9.10. The average molecular weight is 287 g/mol. The number of hydrogen-bond donors (Lipinski definition) is 1. The topological polar surface area (TPSA) is 29.9 Å². The maximum Gasteiger partial charge on any atom is 0.178 e. The van der Waals surface area contributed by atoms with Gasteiger partial charge >= 0.3 is 0 Å². The maximum absolute atomic E-state index is 5.25. The van der Waals surface area contributed by atoms with Gasteiger partial charge in [-0.05, 0) is 30.4 Å². The zero-order valence-electron chi connectivity index (χ0n) is 8.29. The first-order chi connectivity index (χ1) is 7.22. The Kier molecular flexibility index (Phi) is 3.23. The van der Waals surface area contributed by atoms with Crippen LogP contribution >= 0.6 is 28.1 Å². The molecule has 1 aromatic carbocycles. The van der Waals surface area contributed by atoms with Gasteiger partial charge in [-0.2, -0.15) is 0 Å². The molecule has 1 aromatic heterocycles. The molecule has 80 valence electrons. The minimum Gasteiger partial charge on any atom is -0.383 e. The van der Waals surface area contributed by atoms with E-state index in [9.17, 15) is 0 Å². The van der Waals surface area contributed by atoms with E-state index in [1.54, 1.807) is 7.11 Å². The molecular formula is C10H11BrN2OS. The molecule has 0 amide bonds. The number of rotatable bonds is 3. The Labute approximate surface area is 101 Å². The lowest BCUT2D eigenvalue weighted by atomic mass is 10.3. The summed E-state index contributed by atoms with van der Waals surface area (Å²) in [6.07, 6.45) is 0. The largest absolute Gasteiger partial charge is 0.383 e. The van der Waals surface area contributed by atoms with Crippen molar-refractivity contribution in [3.05, 3.63) is 27.4 Å². The number of methoxy groups -OCH3 is 1. The maximum atomic E-state index is 5.25. The number of imidazole rings is 1. The fourth-order valence-electron chi connectivity index (χ4n) is 1.53. The van der Waals surface area contributed by atoms with Crippen molar-refractivity contribution in [1.82, 2.24) is 9.55 Å². The molecule has 0 unspecified atom stereocenters. The van der Waals surface area contributed by atoms with Crippen molar-refractivity contribution in [3.8, 4) is 0 Å². The molecule has 0 aliphatic carbocycles. The van der Waals surface area contributed by atoms with Crippen molar-refractivity contribution in [2.45, 2.75) is 6.54 Å². The molecule has 2 aromatic rings. The number of benzene rings is 1. The van der Waals surface area contributed by atoms with Crippen molar-refractivity contribution in [3.63, 3.8) is 0 Å². The number of nitrogens with one attached hydrogen (secondary N) is 1. The fourth-order valence-corrected chi connectivity index (χ4v) is 2.18. The monoisotopic (exact) mass is 286 g/mol. The van der Waals surface area contributed by atoms with E-state index < -0.39 is 0 Å². The summed E-state index contributed by atoms with van der Waals surface area (Å²) in [4.78, 5) is 3.16. The number of fused-ring (bicyclic) bond motifs is 1. The summed E-state index contributed by atoms with van der Waals surface area (Å²) in [5.41, 5.74) is 2.16. The van der Waals surface area contributed by atoms with Gasteiger partial charge in [-0.1, -0.05) is 15.9 Å². The first-order valence-electron chi connectivity index (χ1n) is 4.59. The summed E-state index contributed by atoms with van der Waals surface area (Å²) >= 11 is 8.70. The molecule has 0 aliphatic rings. The molecule has 0 bridgehead atoms. The Morgan fingerprint density at radius 3 is 3.07 bits per heavy atom. The molecule has 0 atom stereocenters. The Bertz CT molecular complexity index is 532. The van der Waals surface area contributed by atoms with Gasteiger partial charge in [-0.3, -0.25) is 0 Å². The smallest absolute Gasteiger partial charge is 0.178 e. The molecule has 0 saturated carbocycles. The van der Waals surface area contributed by atoms with Gasteiger partial charge in [0.15, 0.2) is 4.77 Å². The number of nitrogens with zero attached hydrogens (tertiary/aromatic N) is 1. The van der Waals surface area contributed by atoms with Crippen LogP contribution in [0.2, 0.25) is 0 Å². The number of aromatic nitrogens is 2. The van der Waals surface area contributed by atoms with Crippen LogP contribution in [0.1, 0.15) is 0 Å². The normalized spacial score (nSPS) is 11.1. The van der Waals surface area contributed by atoms with Crippen LogP contribution in [0.15, 0.2) is 22.7 Å². The highest BCUT2D eigenvalue weighted by atomic mass is 79.9. The molecule has 2 rings (SSSR count). The second kappa shape index (κ2) is 4.47. The molecular weight excluding hydrogens is 276 g/mol. The summed E-state index contributed by atoms with van der Waals surface area (Å²) in [5.74, 6) is 0. The SMILES string of the molecule is COCCn1c(=S)[nH]c2ccc(Br)cc21. The van der Waals surface area contributed by atoms with E-state index in [-0.39, 0.29) is 0 Å². The standard InChI is InChI=1S/C10H11BrN2OS/c1-14-5-4-13-9-6-7(11)2-3-8(9)12-10(13)15/h2-3,6H,4-5H2,1H3,(H,12,15). The van der Waals surface area contributed by atoms with E-state index in [2.05, 4.69) is 27.0 Å². The summed E-state index contributed by atoms with van der Waals surface area (Å²) in [5, 5.41) is 0. The second-order valence-corrected chi connectivity index (χ2v) is 4.54. The van der Waals surface area contributed by atoms with Crippen LogP contribution < -0.4 is 0 Å². The Morgan fingerprint density at radius 2 is 2.33 bits per heavy atom. The van der Waals surface area contributed by atoms with Gasteiger partial charge < -0.3 is 14.3 Å². The van der Waals surface area contributed by atoms with Gasteiger partial charge in [-0.15, -0.1) is 0 Å². The first kappa shape index (κ1) is 10.9. The van der Waals surface area contributed by atoms with E-state index in [1.165, 1.54) is 0 Å². The lowest BCUT2D eigenvalue weighted by Gasteiger charge is -2.03. The van der Waals surface area contributed by atoms with Gasteiger partial charge in [0.05, 0.1) is 17.6 Å². The van der Waals surface area contributed by atoms with Gasteiger partial charge in [0.2, 0.25) is 0 Å².